The Morgan fingerprint density at radius 2 is 1.76 bits per heavy atom. The van der Waals surface area contributed by atoms with Gasteiger partial charge in [0.05, 0.1) is 19.8 Å². The van der Waals surface area contributed by atoms with Gasteiger partial charge in [0, 0.05) is 0 Å². The van der Waals surface area contributed by atoms with Gasteiger partial charge in [-0.3, -0.25) is 4.79 Å². The van der Waals surface area contributed by atoms with Crippen LogP contribution in [0, 0.1) is 0 Å². The Labute approximate surface area is 96.4 Å². The zero-order valence-electron chi connectivity index (χ0n) is 8.85. The van der Waals surface area contributed by atoms with Crippen molar-refractivity contribution in [2.45, 2.75) is 24.4 Å². The summed E-state index contributed by atoms with van der Waals surface area (Å²) in [6.07, 6.45) is -5.30. The topological polar surface area (TPSA) is 134 Å². The third kappa shape index (κ3) is 2.99. The molecule has 1 fully saturated rings. The van der Waals surface area contributed by atoms with Crippen molar-refractivity contribution in [1.29, 1.82) is 0 Å². The Morgan fingerprint density at radius 1 is 1.18 bits per heavy atom. The fourth-order valence-electron chi connectivity index (χ4n) is 1.38. The second-order valence-electron chi connectivity index (χ2n) is 3.53. The summed E-state index contributed by atoms with van der Waals surface area (Å²) in [5.74, 6) is -2.20. The van der Waals surface area contributed by atoms with Crippen LogP contribution in [0.5, 0.6) is 0 Å². The zero-order valence-corrected chi connectivity index (χ0v) is 8.85. The Kier molecular flexibility index (Phi) is 4.97. The van der Waals surface area contributed by atoms with Crippen LogP contribution in [-0.4, -0.2) is 76.4 Å². The van der Waals surface area contributed by atoms with Gasteiger partial charge in [0.15, 0.2) is 12.2 Å². The highest BCUT2D eigenvalue weighted by molar-refractivity contribution is 6.37. The van der Waals surface area contributed by atoms with Gasteiger partial charge in [0.2, 0.25) is 0 Å². The number of hydrogen-bond acceptors (Lipinski definition) is 8. The molecule has 1 rings (SSSR count). The lowest BCUT2D eigenvalue weighted by molar-refractivity contribution is -0.152. The minimum Gasteiger partial charge on any atom is -0.450 e. The molecule has 98 valence electrons. The third-order valence-corrected chi connectivity index (χ3v) is 2.31. The minimum absolute atomic E-state index is 0.559. The third-order valence-electron chi connectivity index (χ3n) is 2.31. The van der Waals surface area contributed by atoms with Crippen molar-refractivity contribution in [3.05, 3.63) is 0 Å². The van der Waals surface area contributed by atoms with Gasteiger partial charge in [0.25, 0.3) is 5.78 Å². The maximum atomic E-state index is 11.3. The summed E-state index contributed by atoms with van der Waals surface area (Å²) in [6, 6.07) is 0. The van der Waals surface area contributed by atoms with Gasteiger partial charge in [-0.2, -0.15) is 0 Å². The van der Waals surface area contributed by atoms with E-state index in [1.165, 1.54) is 0 Å². The number of rotatable bonds is 6. The Bertz CT molecular complexity index is 287. The SMILES string of the molecule is O=C1OC(C(O)CO)C(OC(CO)CO)C1=O. The number of carbonyl (C=O) groups is 2. The van der Waals surface area contributed by atoms with E-state index in [0.29, 0.717) is 0 Å². The largest absolute Gasteiger partial charge is 0.450 e. The van der Waals surface area contributed by atoms with Crippen molar-refractivity contribution in [3.63, 3.8) is 0 Å². The van der Waals surface area contributed by atoms with Crippen molar-refractivity contribution >= 4 is 11.8 Å². The van der Waals surface area contributed by atoms with Crippen LogP contribution in [0.4, 0.5) is 0 Å². The first-order valence-corrected chi connectivity index (χ1v) is 4.96. The summed E-state index contributed by atoms with van der Waals surface area (Å²) in [6.45, 7) is -1.83. The first kappa shape index (κ1) is 14.0. The second-order valence-corrected chi connectivity index (χ2v) is 3.53. The number of cyclic esters (lactones) is 1. The number of ketones is 1. The number of hydrogen-bond donors (Lipinski definition) is 4. The summed E-state index contributed by atoms with van der Waals surface area (Å²) < 4.78 is 9.50. The average Bonchev–Trinajstić information content (AvgIpc) is 2.62. The van der Waals surface area contributed by atoms with E-state index in [9.17, 15) is 14.7 Å². The molecule has 8 nitrogen and oxygen atoms in total. The fraction of sp³-hybridized carbons (Fsp3) is 0.778. The van der Waals surface area contributed by atoms with E-state index in [-0.39, 0.29) is 0 Å². The number of Topliss-reactive ketones (excluding diaryl/α,β-unsaturated/α-hetero) is 1. The molecule has 0 bridgehead atoms. The molecule has 17 heavy (non-hydrogen) atoms. The zero-order chi connectivity index (χ0) is 13.0. The van der Waals surface area contributed by atoms with Gasteiger partial charge in [-0.05, 0) is 0 Å². The fourth-order valence-corrected chi connectivity index (χ4v) is 1.38. The standard InChI is InChI=1S/C9H14O8/c10-1-4(2-11)16-8-6(14)9(15)17-7(8)5(13)3-12/h4-5,7-8,10-13H,1-3H2. The van der Waals surface area contributed by atoms with Gasteiger partial charge >= 0.3 is 5.97 Å². The molecule has 1 aliphatic heterocycles. The maximum Gasteiger partial charge on any atom is 0.378 e. The van der Waals surface area contributed by atoms with E-state index >= 15 is 0 Å². The Hall–Kier alpha value is -1.06. The quantitative estimate of drug-likeness (QED) is 0.283. The lowest BCUT2D eigenvalue weighted by atomic mass is 10.1. The van der Waals surface area contributed by atoms with Crippen LogP contribution in [0.15, 0.2) is 0 Å². The van der Waals surface area contributed by atoms with Crippen LogP contribution in [-0.2, 0) is 19.1 Å². The molecule has 3 atom stereocenters. The van der Waals surface area contributed by atoms with Crippen molar-refractivity contribution < 1.29 is 39.5 Å². The van der Waals surface area contributed by atoms with Crippen LogP contribution in [0.2, 0.25) is 0 Å². The molecule has 1 saturated heterocycles. The van der Waals surface area contributed by atoms with E-state index in [4.69, 9.17) is 20.1 Å². The van der Waals surface area contributed by atoms with Gasteiger partial charge < -0.3 is 29.9 Å². The number of aliphatic hydroxyl groups is 4. The summed E-state index contributed by atoms with van der Waals surface area (Å²) >= 11 is 0. The first-order chi connectivity index (χ1) is 8.04. The van der Waals surface area contributed by atoms with Gasteiger partial charge in [-0.15, -0.1) is 0 Å². The van der Waals surface area contributed by atoms with E-state index < -0.39 is 56.0 Å². The highest BCUT2D eigenvalue weighted by Gasteiger charge is 2.48. The summed E-state index contributed by atoms with van der Waals surface area (Å²) in [5, 5.41) is 35.6. The van der Waals surface area contributed by atoms with Crippen LogP contribution < -0.4 is 0 Å². The summed E-state index contributed by atoms with van der Waals surface area (Å²) in [4.78, 5) is 22.4. The van der Waals surface area contributed by atoms with Crippen molar-refractivity contribution in [2.24, 2.45) is 0 Å². The second kappa shape index (κ2) is 6.03. The number of esters is 1. The molecule has 0 spiro atoms. The highest BCUT2D eigenvalue weighted by Crippen LogP contribution is 2.20. The maximum absolute atomic E-state index is 11.3. The number of carbonyl (C=O) groups excluding carboxylic acids is 2. The van der Waals surface area contributed by atoms with Gasteiger partial charge in [-0.1, -0.05) is 0 Å². The van der Waals surface area contributed by atoms with Gasteiger partial charge in [0.1, 0.15) is 12.2 Å². The molecule has 0 saturated carbocycles. The van der Waals surface area contributed by atoms with Crippen LogP contribution in [0.1, 0.15) is 0 Å². The predicted molar refractivity (Wildman–Crippen MR) is 50.8 cm³/mol. The molecule has 1 aliphatic rings. The highest BCUT2D eigenvalue weighted by atomic mass is 16.6. The smallest absolute Gasteiger partial charge is 0.378 e. The van der Waals surface area contributed by atoms with E-state index in [0.717, 1.165) is 0 Å². The molecule has 0 aromatic carbocycles. The molecule has 4 N–H and O–H groups in total. The normalized spacial score (nSPS) is 26.4. The van der Waals surface area contributed by atoms with E-state index in [2.05, 4.69) is 4.74 Å². The monoisotopic (exact) mass is 250 g/mol. The average molecular weight is 250 g/mol. The minimum atomic E-state index is -1.46. The van der Waals surface area contributed by atoms with E-state index in [1.807, 2.05) is 0 Å². The molecule has 0 aromatic rings. The lowest BCUT2D eigenvalue weighted by Gasteiger charge is -2.23. The molecule has 0 aromatic heterocycles. The summed E-state index contributed by atoms with van der Waals surface area (Å²) in [5.41, 5.74) is 0. The Morgan fingerprint density at radius 3 is 2.24 bits per heavy atom. The van der Waals surface area contributed by atoms with Crippen molar-refractivity contribution in [3.8, 4) is 0 Å². The molecular formula is C9H14O8. The number of ether oxygens (including phenoxy) is 2. The molecule has 1 heterocycles. The van der Waals surface area contributed by atoms with E-state index in [1.54, 1.807) is 0 Å². The molecule has 0 aliphatic carbocycles. The molecule has 8 heteroatoms. The van der Waals surface area contributed by atoms with Gasteiger partial charge in [-0.25, -0.2) is 4.79 Å². The van der Waals surface area contributed by atoms with Crippen LogP contribution in [0.3, 0.4) is 0 Å². The summed E-state index contributed by atoms with van der Waals surface area (Å²) in [7, 11) is 0. The molecular weight excluding hydrogens is 236 g/mol. The number of aliphatic hydroxyl groups excluding tert-OH is 4. The van der Waals surface area contributed by atoms with Crippen LogP contribution in [0.25, 0.3) is 0 Å². The van der Waals surface area contributed by atoms with Crippen molar-refractivity contribution in [1.82, 2.24) is 0 Å². The predicted octanol–water partition coefficient (Wildman–Crippen LogP) is -3.43. The van der Waals surface area contributed by atoms with Crippen molar-refractivity contribution in [2.75, 3.05) is 19.8 Å². The first-order valence-electron chi connectivity index (χ1n) is 4.96. The molecule has 0 amide bonds. The molecule has 3 unspecified atom stereocenters. The lowest BCUT2D eigenvalue weighted by Crippen LogP contribution is -2.44. The van der Waals surface area contributed by atoms with Crippen LogP contribution >= 0.6 is 0 Å². The molecule has 0 radical (unpaired) electrons. The Balaban J connectivity index is 2.76.